The van der Waals surface area contributed by atoms with Gasteiger partial charge in [-0.25, -0.2) is 19.6 Å². The van der Waals surface area contributed by atoms with E-state index in [0.29, 0.717) is 24.7 Å². The van der Waals surface area contributed by atoms with Crippen molar-refractivity contribution in [2.45, 2.75) is 51.5 Å². The minimum atomic E-state index is -1.40. The number of carbonyl (C=O) groups is 3. The number of nitrogens with one attached hydrogen (secondary N) is 3. The number of carboxylic acid groups (broad SMARTS) is 1. The van der Waals surface area contributed by atoms with Gasteiger partial charge in [-0.3, -0.25) is 4.79 Å². The van der Waals surface area contributed by atoms with Crippen LogP contribution < -0.4 is 20.7 Å². The number of alkyl carbamates (subject to hydrolysis) is 1. The van der Waals surface area contributed by atoms with Crippen LogP contribution in [-0.2, 0) is 9.53 Å². The molecule has 2 aromatic rings. The summed E-state index contributed by atoms with van der Waals surface area (Å²) in [5.41, 5.74) is -0.0713. The smallest absolute Gasteiger partial charge is 0.407 e. The molecule has 5 N–H and O–H groups in total. The first-order valence-electron chi connectivity index (χ1n) is 12.3. The zero-order valence-electron chi connectivity index (χ0n) is 20.9. The largest absolute Gasteiger partial charge is 0.507 e. The van der Waals surface area contributed by atoms with E-state index in [1.807, 2.05) is 0 Å². The third kappa shape index (κ3) is 11.5. The standard InChI is InChI=1S/C25H35N5O7/c1-2-3-4-5-6-7-14-37-25(35)30-20(23(33)34)17-29-22(32)19-10-9-18(16-21(19)31)36-15-13-28-24-26-11-8-12-27-24/h8-12,16,20,31H,2-7,13-15,17H2,1H3,(H,29,32)(H,30,35)(H,33,34)(H,26,27,28)/t20-/m0/s1. The number of anilines is 1. The second-order valence-electron chi connectivity index (χ2n) is 8.18. The minimum Gasteiger partial charge on any atom is -0.507 e. The fourth-order valence-corrected chi connectivity index (χ4v) is 3.24. The Morgan fingerprint density at radius 3 is 2.46 bits per heavy atom. The van der Waals surface area contributed by atoms with Crippen molar-refractivity contribution in [3.8, 4) is 11.5 Å². The Morgan fingerprint density at radius 2 is 1.76 bits per heavy atom. The number of rotatable bonds is 17. The molecule has 0 spiro atoms. The van der Waals surface area contributed by atoms with Crippen molar-refractivity contribution in [1.82, 2.24) is 20.6 Å². The van der Waals surface area contributed by atoms with Gasteiger partial charge in [0, 0.05) is 25.0 Å². The predicted molar refractivity (Wildman–Crippen MR) is 136 cm³/mol. The molecule has 1 aromatic heterocycles. The molecule has 2 rings (SSSR count). The fraction of sp³-hybridized carbons (Fsp3) is 0.480. The van der Waals surface area contributed by atoms with Crippen molar-refractivity contribution in [1.29, 1.82) is 0 Å². The number of hydrogen-bond donors (Lipinski definition) is 5. The molecular weight excluding hydrogens is 482 g/mol. The van der Waals surface area contributed by atoms with Crippen LogP contribution in [0.4, 0.5) is 10.7 Å². The molecule has 1 atom stereocenters. The number of carbonyl (C=O) groups excluding carboxylic acids is 2. The molecule has 202 valence electrons. The minimum absolute atomic E-state index is 0.0713. The molecule has 0 saturated heterocycles. The van der Waals surface area contributed by atoms with Crippen molar-refractivity contribution >= 4 is 23.9 Å². The van der Waals surface area contributed by atoms with Gasteiger partial charge in [0.1, 0.15) is 24.1 Å². The number of aromatic hydroxyl groups is 1. The summed E-state index contributed by atoms with van der Waals surface area (Å²) in [6.07, 6.45) is 8.49. The normalized spacial score (nSPS) is 11.3. The fourth-order valence-electron chi connectivity index (χ4n) is 3.24. The van der Waals surface area contributed by atoms with Gasteiger partial charge in [0.05, 0.1) is 18.7 Å². The van der Waals surface area contributed by atoms with Crippen LogP contribution >= 0.6 is 0 Å². The summed E-state index contributed by atoms with van der Waals surface area (Å²) in [6.45, 7) is 2.59. The summed E-state index contributed by atoms with van der Waals surface area (Å²) in [4.78, 5) is 43.9. The van der Waals surface area contributed by atoms with Gasteiger partial charge in [-0.15, -0.1) is 0 Å². The van der Waals surface area contributed by atoms with Crippen molar-refractivity contribution < 1.29 is 34.1 Å². The summed E-state index contributed by atoms with van der Waals surface area (Å²) in [6, 6.07) is 4.44. The Morgan fingerprint density at radius 1 is 1.03 bits per heavy atom. The van der Waals surface area contributed by atoms with Gasteiger partial charge < -0.3 is 35.6 Å². The number of phenolic OH excluding ortho intramolecular Hbond substituents is 1. The van der Waals surface area contributed by atoms with Gasteiger partial charge in [-0.2, -0.15) is 0 Å². The number of aromatic nitrogens is 2. The molecule has 12 nitrogen and oxygen atoms in total. The topological polar surface area (TPSA) is 172 Å². The number of aliphatic carboxylic acids is 1. The molecular formula is C25H35N5O7. The van der Waals surface area contributed by atoms with Gasteiger partial charge in [-0.1, -0.05) is 39.0 Å². The van der Waals surface area contributed by atoms with E-state index in [2.05, 4.69) is 32.8 Å². The van der Waals surface area contributed by atoms with E-state index in [0.717, 1.165) is 25.7 Å². The first-order chi connectivity index (χ1) is 17.9. The molecule has 0 aliphatic heterocycles. The average Bonchev–Trinajstić information content (AvgIpc) is 2.89. The SMILES string of the molecule is CCCCCCCCOC(=O)N[C@@H](CNC(=O)c1ccc(OCCNc2ncccn2)cc1O)C(=O)O. The Balaban J connectivity index is 1.73. The maximum atomic E-state index is 12.5. The summed E-state index contributed by atoms with van der Waals surface area (Å²) in [7, 11) is 0. The third-order valence-electron chi connectivity index (χ3n) is 5.22. The molecule has 0 aliphatic rings. The highest BCUT2D eigenvalue weighted by atomic mass is 16.5. The van der Waals surface area contributed by atoms with E-state index in [4.69, 9.17) is 9.47 Å². The zero-order valence-corrected chi connectivity index (χ0v) is 20.9. The van der Waals surface area contributed by atoms with Crippen molar-refractivity contribution in [3.63, 3.8) is 0 Å². The highest BCUT2D eigenvalue weighted by molar-refractivity contribution is 5.97. The maximum Gasteiger partial charge on any atom is 0.407 e. The van der Waals surface area contributed by atoms with E-state index in [-0.39, 0.29) is 24.5 Å². The lowest BCUT2D eigenvalue weighted by molar-refractivity contribution is -0.139. The number of benzene rings is 1. The monoisotopic (exact) mass is 517 g/mol. The van der Waals surface area contributed by atoms with E-state index >= 15 is 0 Å². The molecule has 12 heteroatoms. The quantitative estimate of drug-likeness (QED) is 0.196. The molecule has 1 heterocycles. The molecule has 0 radical (unpaired) electrons. The van der Waals surface area contributed by atoms with Gasteiger partial charge in [-0.05, 0) is 24.6 Å². The van der Waals surface area contributed by atoms with Crippen LogP contribution in [0, 0.1) is 0 Å². The second-order valence-corrected chi connectivity index (χ2v) is 8.18. The van der Waals surface area contributed by atoms with E-state index < -0.39 is 30.6 Å². The van der Waals surface area contributed by atoms with Crippen molar-refractivity contribution in [2.24, 2.45) is 0 Å². The first-order valence-corrected chi connectivity index (χ1v) is 12.3. The molecule has 0 bridgehead atoms. The van der Waals surface area contributed by atoms with Crippen molar-refractivity contribution in [3.05, 3.63) is 42.2 Å². The van der Waals surface area contributed by atoms with Gasteiger partial charge in [0.25, 0.3) is 5.91 Å². The van der Waals surface area contributed by atoms with Crippen LogP contribution in [-0.4, -0.2) is 70.5 Å². The zero-order chi connectivity index (χ0) is 26.9. The second kappa shape index (κ2) is 16.6. The number of nitrogens with zero attached hydrogens (tertiary/aromatic N) is 2. The molecule has 0 aliphatic carbocycles. The molecule has 2 amide bonds. The Labute approximate surface area is 215 Å². The number of hydrogen-bond acceptors (Lipinski definition) is 9. The lowest BCUT2D eigenvalue weighted by atomic mass is 10.1. The lowest BCUT2D eigenvalue weighted by Gasteiger charge is -2.16. The highest BCUT2D eigenvalue weighted by Crippen LogP contribution is 2.23. The number of carboxylic acids is 1. The molecule has 0 fully saturated rings. The Kier molecular flexibility index (Phi) is 13.0. The number of ether oxygens (including phenoxy) is 2. The number of unbranched alkanes of at least 4 members (excludes halogenated alkanes) is 5. The summed E-state index contributed by atoms with van der Waals surface area (Å²) >= 11 is 0. The van der Waals surface area contributed by atoms with Crippen LogP contribution in [0.1, 0.15) is 55.8 Å². The van der Waals surface area contributed by atoms with Gasteiger partial charge in [0.15, 0.2) is 0 Å². The summed E-state index contributed by atoms with van der Waals surface area (Å²) in [5, 5.41) is 27.2. The van der Waals surface area contributed by atoms with Gasteiger partial charge in [0.2, 0.25) is 5.95 Å². The lowest BCUT2D eigenvalue weighted by Crippen LogP contribution is -2.48. The molecule has 0 saturated carbocycles. The van der Waals surface area contributed by atoms with E-state index in [1.165, 1.54) is 24.6 Å². The molecule has 37 heavy (non-hydrogen) atoms. The predicted octanol–water partition coefficient (Wildman–Crippen LogP) is 2.94. The van der Waals surface area contributed by atoms with Crippen LogP contribution in [0.3, 0.4) is 0 Å². The Hall–Kier alpha value is -4.09. The molecule has 1 aromatic carbocycles. The van der Waals surface area contributed by atoms with Gasteiger partial charge >= 0.3 is 12.1 Å². The number of phenols is 1. The first kappa shape index (κ1) is 29.1. The van der Waals surface area contributed by atoms with Crippen LogP contribution in [0.5, 0.6) is 11.5 Å². The average molecular weight is 518 g/mol. The van der Waals surface area contributed by atoms with E-state index in [1.54, 1.807) is 18.5 Å². The summed E-state index contributed by atoms with van der Waals surface area (Å²) in [5.74, 6) is -1.59. The summed E-state index contributed by atoms with van der Waals surface area (Å²) < 4.78 is 10.6. The maximum absolute atomic E-state index is 12.5. The molecule has 0 unspecified atom stereocenters. The third-order valence-corrected chi connectivity index (χ3v) is 5.22. The van der Waals surface area contributed by atoms with Crippen LogP contribution in [0.15, 0.2) is 36.7 Å². The van der Waals surface area contributed by atoms with E-state index in [9.17, 15) is 24.6 Å². The van der Waals surface area contributed by atoms with Crippen LogP contribution in [0.25, 0.3) is 0 Å². The Bertz CT molecular complexity index is 991. The van der Waals surface area contributed by atoms with Crippen molar-refractivity contribution in [2.75, 3.05) is 31.6 Å². The van der Waals surface area contributed by atoms with Crippen LogP contribution in [0.2, 0.25) is 0 Å². The number of amides is 2. The highest BCUT2D eigenvalue weighted by Gasteiger charge is 2.22.